The Morgan fingerprint density at radius 3 is 1.35 bits per heavy atom. The number of allylic oxidation sites excluding steroid dienone is 7. The maximum Gasteiger partial charge on any atom is 0.472 e. The van der Waals surface area contributed by atoms with Crippen LogP contribution in [0.25, 0.3) is 0 Å². The first kappa shape index (κ1) is 69.0. The van der Waals surface area contributed by atoms with Crippen molar-refractivity contribution in [3.05, 3.63) is 48.6 Å². The quantitative estimate of drug-likeness (QED) is 0.0205. The Bertz CT molecular complexity index is 1360. The van der Waals surface area contributed by atoms with E-state index in [1.165, 1.54) is 154 Å². The number of amides is 1. The zero-order valence-electron chi connectivity index (χ0n) is 47.5. The Morgan fingerprint density at radius 1 is 0.493 bits per heavy atom. The lowest BCUT2D eigenvalue weighted by molar-refractivity contribution is -0.870. The molecular formula is C61H116N2O7P+. The van der Waals surface area contributed by atoms with Gasteiger partial charge in [0.15, 0.2) is 0 Å². The molecule has 0 aromatic rings. The Balaban J connectivity index is 5.22. The lowest BCUT2D eigenvalue weighted by atomic mass is 10.0. The number of nitrogens with one attached hydrogen (secondary N) is 1. The van der Waals surface area contributed by atoms with Crippen molar-refractivity contribution in [2.75, 3.05) is 40.9 Å². The molecule has 3 unspecified atom stereocenters. The fourth-order valence-electron chi connectivity index (χ4n) is 8.54. The largest absolute Gasteiger partial charge is 0.472 e. The summed E-state index contributed by atoms with van der Waals surface area (Å²) in [6.07, 6.45) is 62.5. The molecule has 0 heterocycles. The molecule has 2 N–H and O–H groups in total. The molecule has 0 bridgehead atoms. The molecule has 0 aromatic carbocycles. The highest BCUT2D eigenvalue weighted by Gasteiger charge is 2.30. The fourth-order valence-corrected chi connectivity index (χ4v) is 9.28. The number of unbranched alkanes of at least 4 members (excludes halogenated alkanes) is 32. The summed E-state index contributed by atoms with van der Waals surface area (Å²) in [7, 11) is 1.49. The third-order valence-corrected chi connectivity index (χ3v) is 14.2. The number of phosphoric ester groups is 1. The van der Waals surface area contributed by atoms with Crippen molar-refractivity contribution < 1.29 is 37.3 Å². The number of quaternary nitrogens is 1. The summed E-state index contributed by atoms with van der Waals surface area (Å²) in [5, 5.41) is 3.05. The first-order chi connectivity index (χ1) is 34.4. The average molecular weight is 1020 g/mol. The third kappa shape index (κ3) is 52.6. The van der Waals surface area contributed by atoms with Gasteiger partial charge in [-0.2, -0.15) is 0 Å². The second-order valence-electron chi connectivity index (χ2n) is 21.5. The number of ether oxygens (including phenoxy) is 1. The summed E-state index contributed by atoms with van der Waals surface area (Å²) in [5.74, 6) is -0.513. The second kappa shape index (κ2) is 51.5. The molecule has 0 fully saturated rings. The molecule has 0 rings (SSSR count). The monoisotopic (exact) mass is 1020 g/mol. The lowest BCUT2D eigenvalue weighted by Gasteiger charge is -2.27. The van der Waals surface area contributed by atoms with Gasteiger partial charge in [-0.1, -0.05) is 230 Å². The third-order valence-electron chi connectivity index (χ3n) is 13.2. The Labute approximate surface area is 439 Å². The molecule has 0 radical (unpaired) electrons. The van der Waals surface area contributed by atoms with Crippen LogP contribution in [-0.2, 0) is 27.9 Å². The zero-order chi connectivity index (χ0) is 52.2. The van der Waals surface area contributed by atoms with E-state index >= 15 is 0 Å². The SMILES string of the molecule is CCCC/C=C\CCCCCCCC(=O)OC(/C=C/CCCCCCCCCCCCC)C(COP(=O)(O)OCC[N+](C)(C)C)NC(=O)CCCCCCCCCCCCC/C=C\C/C=C\CCCCC. The van der Waals surface area contributed by atoms with Crippen molar-refractivity contribution in [1.82, 2.24) is 5.32 Å². The van der Waals surface area contributed by atoms with Crippen LogP contribution in [0.4, 0.5) is 0 Å². The van der Waals surface area contributed by atoms with Gasteiger partial charge in [0.1, 0.15) is 19.3 Å². The van der Waals surface area contributed by atoms with Gasteiger partial charge in [-0.05, 0) is 83.1 Å². The van der Waals surface area contributed by atoms with E-state index in [0.29, 0.717) is 17.4 Å². The maximum absolute atomic E-state index is 13.5. The van der Waals surface area contributed by atoms with Gasteiger partial charge < -0.3 is 19.4 Å². The zero-order valence-corrected chi connectivity index (χ0v) is 48.4. The Kier molecular flexibility index (Phi) is 50.0. The molecule has 0 spiro atoms. The van der Waals surface area contributed by atoms with Crippen LogP contribution in [0.15, 0.2) is 48.6 Å². The van der Waals surface area contributed by atoms with Crippen LogP contribution in [0.5, 0.6) is 0 Å². The van der Waals surface area contributed by atoms with Crippen LogP contribution in [-0.4, -0.2) is 74.3 Å². The maximum atomic E-state index is 13.5. The standard InChI is InChI=1S/C61H115N2O7P/c1-7-10-13-16-19-22-25-27-28-29-30-31-32-33-34-36-39-41-44-47-50-53-60(64)62-58(57-69-71(66,67)68-56-55-63(4,5)6)59(52-49-46-43-40-38-35-26-23-20-17-14-11-8-2)70-61(65)54-51-48-45-42-37-24-21-18-15-12-9-3/h18-19,21-22,27-28,49,52,58-59H,7-17,20,23-26,29-48,50-51,53-57H2,1-6H3,(H-,62,64,66,67)/p+1/b21-18-,22-19-,28-27-,52-49+. The van der Waals surface area contributed by atoms with E-state index in [4.69, 9.17) is 13.8 Å². The Hall–Kier alpha value is -2.03. The van der Waals surface area contributed by atoms with Gasteiger partial charge in [-0.25, -0.2) is 4.57 Å². The number of nitrogens with zero attached hydrogens (tertiary/aromatic N) is 1. The van der Waals surface area contributed by atoms with Gasteiger partial charge in [-0.3, -0.25) is 18.6 Å². The van der Waals surface area contributed by atoms with Gasteiger partial charge in [0.05, 0.1) is 33.8 Å². The van der Waals surface area contributed by atoms with Gasteiger partial charge in [0.2, 0.25) is 5.91 Å². The van der Waals surface area contributed by atoms with Crippen LogP contribution < -0.4 is 5.32 Å². The number of hydrogen-bond acceptors (Lipinski definition) is 6. The van der Waals surface area contributed by atoms with Crippen LogP contribution in [0.1, 0.15) is 278 Å². The van der Waals surface area contributed by atoms with E-state index in [2.05, 4.69) is 62.5 Å². The number of carbonyl (C=O) groups is 2. The average Bonchev–Trinajstić information content (AvgIpc) is 3.33. The molecule has 0 aliphatic rings. The van der Waals surface area contributed by atoms with E-state index in [-0.39, 0.29) is 31.5 Å². The minimum absolute atomic E-state index is 0.0389. The molecule has 9 nitrogen and oxygen atoms in total. The molecule has 1 amide bonds. The second-order valence-corrected chi connectivity index (χ2v) is 23.0. The predicted molar refractivity (Wildman–Crippen MR) is 305 cm³/mol. The number of carbonyl (C=O) groups excluding carboxylic acids is 2. The molecule has 0 aliphatic heterocycles. The molecule has 3 atom stereocenters. The molecule has 71 heavy (non-hydrogen) atoms. The number of rotatable bonds is 54. The van der Waals surface area contributed by atoms with Gasteiger partial charge in [-0.15, -0.1) is 0 Å². The number of likely N-dealkylation sites (N-methyl/N-ethyl adjacent to an activating group) is 1. The van der Waals surface area contributed by atoms with Gasteiger partial charge in [0, 0.05) is 12.8 Å². The summed E-state index contributed by atoms with van der Waals surface area (Å²) in [6, 6.07) is -0.850. The van der Waals surface area contributed by atoms with Crippen LogP contribution >= 0.6 is 7.82 Å². The molecule has 10 heteroatoms. The topological polar surface area (TPSA) is 111 Å². The number of esters is 1. The smallest absolute Gasteiger partial charge is 0.456 e. The Morgan fingerprint density at radius 2 is 0.873 bits per heavy atom. The molecule has 0 aliphatic carbocycles. The van der Waals surface area contributed by atoms with Crippen molar-refractivity contribution in [2.24, 2.45) is 0 Å². The highest BCUT2D eigenvalue weighted by Crippen LogP contribution is 2.43. The van der Waals surface area contributed by atoms with E-state index in [9.17, 15) is 19.0 Å². The van der Waals surface area contributed by atoms with Crippen LogP contribution in [0.3, 0.4) is 0 Å². The summed E-state index contributed by atoms with van der Waals surface area (Å²) in [5.41, 5.74) is 0. The number of phosphoric acid groups is 1. The van der Waals surface area contributed by atoms with Crippen molar-refractivity contribution >= 4 is 19.7 Å². The minimum Gasteiger partial charge on any atom is -0.456 e. The van der Waals surface area contributed by atoms with Crippen LogP contribution in [0, 0.1) is 0 Å². The highest BCUT2D eigenvalue weighted by molar-refractivity contribution is 7.47. The van der Waals surface area contributed by atoms with Crippen molar-refractivity contribution in [3.8, 4) is 0 Å². The number of hydrogen-bond donors (Lipinski definition) is 2. The predicted octanol–water partition coefficient (Wildman–Crippen LogP) is 18.1. The van der Waals surface area contributed by atoms with E-state index < -0.39 is 20.0 Å². The summed E-state index contributed by atoms with van der Waals surface area (Å²) < 4.78 is 30.6. The molecular weight excluding hydrogens is 904 g/mol. The summed E-state index contributed by atoms with van der Waals surface area (Å²) >= 11 is 0. The molecule has 0 aromatic heterocycles. The summed E-state index contributed by atoms with van der Waals surface area (Å²) in [6.45, 7) is 6.96. The first-order valence-electron chi connectivity index (χ1n) is 30.0. The summed E-state index contributed by atoms with van der Waals surface area (Å²) in [4.78, 5) is 37.6. The normalized spacial score (nSPS) is 14.1. The minimum atomic E-state index is -4.44. The van der Waals surface area contributed by atoms with E-state index in [1.54, 1.807) is 0 Å². The molecule has 416 valence electrons. The highest BCUT2D eigenvalue weighted by atomic mass is 31.2. The van der Waals surface area contributed by atoms with Crippen molar-refractivity contribution in [1.29, 1.82) is 0 Å². The van der Waals surface area contributed by atoms with E-state index in [1.807, 2.05) is 33.3 Å². The van der Waals surface area contributed by atoms with E-state index in [0.717, 1.165) is 89.9 Å². The van der Waals surface area contributed by atoms with Crippen molar-refractivity contribution in [2.45, 2.75) is 290 Å². The fraction of sp³-hybridized carbons (Fsp3) is 0.836. The van der Waals surface area contributed by atoms with Gasteiger partial charge >= 0.3 is 13.8 Å². The first-order valence-corrected chi connectivity index (χ1v) is 31.5. The molecule has 0 saturated carbocycles. The van der Waals surface area contributed by atoms with Crippen molar-refractivity contribution in [3.63, 3.8) is 0 Å². The lowest BCUT2D eigenvalue weighted by Crippen LogP contribution is -2.47. The van der Waals surface area contributed by atoms with Gasteiger partial charge in [0.25, 0.3) is 0 Å². The molecule has 0 saturated heterocycles. The van der Waals surface area contributed by atoms with Crippen LogP contribution in [0.2, 0.25) is 0 Å².